The molecule has 36 heavy (non-hydrogen) atoms. The normalized spacial score (nSPS) is 15.0. The third-order valence-corrected chi connectivity index (χ3v) is 5.86. The Labute approximate surface area is 209 Å². The van der Waals surface area contributed by atoms with Gasteiger partial charge in [0.05, 0.1) is 25.8 Å². The molecule has 1 aliphatic heterocycles. The minimum absolute atomic E-state index is 0.161. The van der Waals surface area contributed by atoms with Gasteiger partial charge in [0.15, 0.2) is 5.82 Å². The number of hydrogen-bond acceptors (Lipinski definition) is 7. The first-order chi connectivity index (χ1) is 17.7. The Morgan fingerprint density at radius 2 is 1.69 bits per heavy atom. The number of para-hydroxylation sites is 1. The van der Waals surface area contributed by atoms with Crippen molar-refractivity contribution in [1.29, 1.82) is 0 Å². The van der Waals surface area contributed by atoms with Crippen LogP contribution in [-0.4, -0.2) is 34.7 Å². The number of benzene rings is 3. The lowest BCUT2D eigenvalue weighted by Gasteiger charge is -2.21. The van der Waals surface area contributed by atoms with Gasteiger partial charge in [0.2, 0.25) is 5.89 Å². The van der Waals surface area contributed by atoms with Crippen molar-refractivity contribution in [3.8, 4) is 16.9 Å². The third-order valence-electron chi connectivity index (χ3n) is 5.86. The average Bonchev–Trinajstić information content (AvgIpc) is 3.57. The fourth-order valence-corrected chi connectivity index (χ4v) is 4.09. The summed E-state index contributed by atoms with van der Waals surface area (Å²) in [5, 5.41) is 4.16. The first kappa shape index (κ1) is 23.3. The zero-order valence-electron chi connectivity index (χ0n) is 19.8. The number of carbonyl (C=O) groups is 1. The summed E-state index contributed by atoms with van der Waals surface area (Å²) in [7, 11) is 1.53. The summed E-state index contributed by atoms with van der Waals surface area (Å²) >= 11 is 0. The Balaban J connectivity index is 1.30. The first-order valence-electron chi connectivity index (χ1n) is 11.7. The van der Waals surface area contributed by atoms with Crippen molar-refractivity contribution in [3.63, 3.8) is 0 Å². The highest BCUT2D eigenvalue weighted by molar-refractivity contribution is 5.96. The van der Waals surface area contributed by atoms with Gasteiger partial charge in [-0.15, -0.1) is 0 Å². The number of amides is 1. The molecule has 4 aromatic rings. The van der Waals surface area contributed by atoms with Gasteiger partial charge in [-0.3, -0.25) is 15.1 Å². The molecule has 1 amide bonds. The summed E-state index contributed by atoms with van der Waals surface area (Å²) in [4.78, 5) is 24.7. The summed E-state index contributed by atoms with van der Waals surface area (Å²) in [6.45, 7) is 0.404. The van der Waals surface area contributed by atoms with Gasteiger partial charge < -0.3 is 14.2 Å². The molecule has 0 saturated heterocycles. The molecule has 0 bridgehead atoms. The van der Waals surface area contributed by atoms with Crippen LogP contribution >= 0.6 is 0 Å². The van der Waals surface area contributed by atoms with E-state index in [1.807, 2.05) is 84.9 Å². The predicted molar refractivity (Wildman–Crippen MR) is 134 cm³/mol. The first-order valence-corrected chi connectivity index (χ1v) is 11.7. The maximum absolute atomic E-state index is 13.5. The molecule has 2 heterocycles. The minimum Gasteiger partial charge on any atom is -0.493 e. The highest BCUT2D eigenvalue weighted by Crippen LogP contribution is 2.33. The molecule has 1 aliphatic rings. The topological polar surface area (TPSA) is 89.7 Å². The van der Waals surface area contributed by atoms with E-state index in [1.165, 1.54) is 7.11 Å². The average molecular weight is 483 g/mol. The van der Waals surface area contributed by atoms with Crippen molar-refractivity contribution >= 4 is 5.91 Å². The molecule has 0 saturated carbocycles. The van der Waals surface area contributed by atoms with Crippen LogP contribution in [0.25, 0.3) is 11.1 Å². The summed E-state index contributed by atoms with van der Waals surface area (Å²) in [6.07, 6.45) is 2.66. The number of nitrogens with one attached hydrogen (secondary N) is 1. The van der Waals surface area contributed by atoms with Gasteiger partial charge >= 0.3 is 0 Å². The molecule has 182 valence electrons. The van der Waals surface area contributed by atoms with Crippen molar-refractivity contribution < 1.29 is 18.9 Å². The number of nitrogens with zero attached hydrogens (tertiary/aromatic N) is 3. The van der Waals surface area contributed by atoms with Crippen LogP contribution in [0.4, 0.5) is 0 Å². The summed E-state index contributed by atoms with van der Waals surface area (Å²) < 4.78 is 11.2. The minimum atomic E-state index is -0.420. The number of ether oxygens (including phenoxy) is 1. The van der Waals surface area contributed by atoms with E-state index in [4.69, 9.17) is 14.1 Å². The van der Waals surface area contributed by atoms with E-state index in [9.17, 15) is 4.79 Å². The van der Waals surface area contributed by atoms with Gasteiger partial charge in [-0.25, -0.2) is 0 Å². The SMILES string of the molecule is CONC1=CN(C(=O)c2ccc(-c3ccccc3)cc2)C(c2noc(CCOc3ccccc3)n2)C1. The zero-order chi connectivity index (χ0) is 24.7. The molecule has 8 heteroatoms. The number of hydroxylamine groups is 1. The van der Waals surface area contributed by atoms with E-state index in [0.717, 1.165) is 22.6 Å². The molecular weight excluding hydrogens is 456 g/mol. The molecule has 3 aromatic carbocycles. The molecule has 1 atom stereocenters. The lowest BCUT2D eigenvalue weighted by molar-refractivity contribution is 0.0777. The van der Waals surface area contributed by atoms with E-state index in [2.05, 4.69) is 15.6 Å². The third kappa shape index (κ3) is 5.29. The van der Waals surface area contributed by atoms with Gasteiger partial charge in [-0.2, -0.15) is 4.98 Å². The molecule has 0 fully saturated rings. The fraction of sp³-hybridized carbons (Fsp3) is 0.179. The molecule has 1 unspecified atom stereocenters. The van der Waals surface area contributed by atoms with Crippen LogP contribution < -0.4 is 10.2 Å². The van der Waals surface area contributed by atoms with Crippen LogP contribution in [0.5, 0.6) is 5.75 Å². The second kappa shape index (κ2) is 10.9. The van der Waals surface area contributed by atoms with Crippen LogP contribution in [0.3, 0.4) is 0 Å². The highest BCUT2D eigenvalue weighted by atomic mass is 16.6. The van der Waals surface area contributed by atoms with E-state index in [0.29, 0.717) is 36.7 Å². The zero-order valence-corrected chi connectivity index (χ0v) is 19.8. The van der Waals surface area contributed by atoms with E-state index >= 15 is 0 Å². The lowest BCUT2D eigenvalue weighted by atomic mass is 10.0. The smallest absolute Gasteiger partial charge is 0.258 e. The van der Waals surface area contributed by atoms with Crippen molar-refractivity contribution in [2.24, 2.45) is 0 Å². The largest absolute Gasteiger partial charge is 0.493 e. The summed E-state index contributed by atoms with van der Waals surface area (Å²) in [5.74, 6) is 1.51. The van der Waals surface area contributed by atoms with Crippen LogP contribution in [0.15, 0.2) is 101 Å². The quantitative estimate of drug-likeness (QED) is 0.338. The number of aromatic nitrogens is 2. The fourth-order valence-electron chi connectivity index (χ4n) is 4.09. The number of hydrogen-bond donors (Lipinski definition) is 1. The molecule has 1 N–H and O–H groups in total. The maximum Gasteiger partial charge on any atom is 0.258 e. The molecule has 8 nitrogen and oxygen atoms in total. The second-order valence-electron chi connectivity index (χ2n) is 8.29. The van der Waals surface area contributed by atoms with E-state index < -0.39 is 6.04 Å². The molecule has 0 aliphatic carbocycles. The molecule has 5 rings (SSSR count). The van der Waals surface area contributed by atoms with Gasteiger partial charge in [0.25, 0.3) is 5.91 Å². The van der Waals surface area contributed by atoms with Gasteiger partial charge in [-0.05, 0) is 35.4 Å². The van der Waals surface area contributed by atoms with Gasteiger partial charge in [0.1, 0.15) is 11.8 Å². The number of rotatable bonds is 9. The maximum atomic E-state index is 13.5. The Morgan fingerprint density at radius 3 is 2.42 bits per heavy atom. The standard InChI is InChI=1S/C28H26N4O4/c1-34-30-23-18-25(27-29-26(36-31-27)16-17-35-24-10-6-3-7-11-24)32(19-23)28(33)22-14-12-21(13-15-22)20-8-4-2-5-9-20/h2-15,19,25,30H,16-18H2,1H3. The van der Waals surface area contributed by atoms with Crippen molar-refractivity contribution in [3.05, 3.63) is 114 Å². The monoisotopic (exact) mass is 482 g/mol. The Hall–Kier alpha value is -4.43. The Morgan fingerprint density at radius 1 is 1.00 bits per heavy atom. The highest BCUT2D eigenvalue weighted by Gasteiger charge is 2.34. The number of carbonyl (C=O) groups excluding carboxylic acids is 1. The van der Waals surface area contributed by atoms with Crippen LogP contribution in [0.1, 0.15) is 34.5 Å². The van der Waals surface area contributed by atoms with Crippen molar-refractivity contribution in [1.82, 2.24) is 20.5 Å². The molecule has 1 aromatic heterocycles. The summed E-state index contributed by atoms with van der Waals surface area (Å²) in [6, 6.07) is 26.7. The Kier molecular flexibility index (Phi) is 7.05. The lowest BCUT2D eigenvalue weighted by Crippen LogP contribution is -2.28. The van der Waals surface area contributed by atoms with Crippen LogP contribution in [-0.2, 0) is 11.3 Å². The molecule has 0 spiro atoms. The van der Waals surface area contributed by atoms with Gasteiger partial charge in [-0.1, -0.05) is 65.8 Å². The summed E-state index contributed by atoms with van der Waals surface area (Å²) in [5.41, 5.74) is 6.28. The molecule has 0 radical (unpaired) electrons. The van der Waals surface area contributed by atoms with Crippen molar-refractivity contribution in [2.45, 2.75) is 18.9 Å². The Bertz CT molecular complexity index is 1320. The van der Waals surface area contributed by atoms with Crippen molar-refractivity contribution in [2.75, 3.05) is 13.7 Å². The van der Waals surface area contributed by atoms with E-state index in [1.54, 1.807) is 11.1 Å². The van der Waals surface area contributed by atoms with Gasteiger partial charge in [0, 0.05) is 18.2 Å². The van der Waals surface area contributed by atoms with Crippen LogP contribution in [0, 0.1) is 0 Å². The van der Waals surface area contributed by atoms with Crippen LogP contribution in [0.2, 0.25) is 0 Å². The van der Waals surface area contributed by atoms with E-state index in [-0.39, 0.29) is 5.91 Å². The predicted octanol–water partition coefficient (Wildman–Crippen LogP) is 4.94. The second-order valence-corrected chi connectivity index (χ2v) is 8.29. The molecular formula is C28H26N4O4.